The van der Waals surface area contributed by atoms with Crippen LogP contribution >= 0.6 is 0 Å². The molecule has 2 amide bonds. The number of benzene rings is 1. The van der Waals surface area contributed by atoms with Gasteiger partial charge in [-0.2, -0.15) is 0 Å². The average Bonchev–Trinajstić information content (AvgIpc) is 2.63. The van der Waals surface area contributed by atoms with Crippen LogP contribution in [0.25, 0.3) is 0 Å². The Morgan fingerprint density at radius 3 is 2.81 bits per heavy atom. The zero-order valence-electron chi connectivity index (χ0n) is 14.7. The lowest BCUT2D eigenvalue weighted by Gasteiger charge is -2.48. The maximum atomic E-state index is 13.8. The number of carbonyl (C=O) groups excluding carboxylic acids is 2. The van der Waals surface area contributed by atoms with Crippen molar-refractivity contribution in [2.75, 3.05) is 32.8 Å². The summed E-state index contributed by atoms with van der Waals surface area (Å²) >= 11 is 0. The molecule has 26 heavy (non-hydrogen) atoms. The molecule has 1 spiro atoms. The van der Waals surface area contributed by atoms with Crippen LogP contribution in [0.2, 0.25) is 0 Å². The van der Waals surface area contributed by atoms with Gasteiger partial charge in [0, 0.05) is 43.6 Å². The molecule has 0 bridgehead atoms. The summed E-state index contributed by atoms with van der Waals surface area (Å²) in [7, 11) is 0. The first-order valence-corrected chi connectivity index (χ1v) is 9.03. The zero-order valence-corrected chi connectivity index (χ0v) is 14.7. The molecular weight excluding hydrogens is 342 g/mol. The van der Waals surface area contributed by atoms with Gasteiger partial charge in [-0.15, -0.1) is 0 Å². The van der Waals surface area contributed by atoms with Gasteiger partial charge in [-0.1, -0.05) is 12.1 Å². The van der Waals surface area contributed by atoms with E-state index in [0.717, 1.165) is 18.9 Å². The fraction of sp³-hybridized carbons (Fsp3) is 0.579. The normalized spacial score (nSPS) is 23.6. The van der Waals surface area contributed by atoms with Crippen molar-refractivity contribution < 1.29 is 23.5 Å². The molecule has 1 aromatic rings. The predicted octanol–water partition coefficient (Wildman–Crippen LogP) is 1.73. The molecule has 2 saturated heterocycles. The molecule has 0 aromatic heterocycles. The fourth-order valence-electron chi connectivity index (χ4n) is 4.14. The van der Waals surface area contributed by atoms with E-state index in [9.17, 15) is 18.4 Å². The Bertz CT molecular complexity index is 697. The van der Waals surface area contributed by atoms with E-state index < -0.39 is 11.6 Å². The number of hydrogen-bond donors (Lipinski definition) is 1. The van der Waals surface area contributed by atoms with Crippen LogP contribution in [0.5, 0.6) is 0 Å². The van der Waals surface area contributed by atoms with E-state index in [1.165, 1.54) is 12.1 Å². The SMILES string of the molecule is O=C1CC[C@]2(CCCN(C(=O)Cc3cccc(F)c3F)C2)CN1CCO. The quantitative estimate of drug-likeness (QED) is 0.883. The lowest BCUT2D eigenvalue weighted by molar-refractivity contribution is -0.143. The van der Waals surface area contributed by atoms with Gasteiger partial charge in [-0.3, -0.25) is 9.59 Å². The van der Waals surface area contributed by atoms with Crippen LogP contribution in [0.15, 0.2) is 18.2 Å². The molecule has 0 aliphatic carbocycles. The first kappa shape index (κ1) is 18.8. The molecule has 1 N–H and O–H groups in total. The average molecular weight is 366 g/mol. The number of aliphatic hydroxyl groups excluding tert-OH is 1. The first-order valence-electron chi connectivity index (χ1n) is 9.03. The van der Waals surface area contributed by atoms with Gasteiger partial charge in [0.05, 0.1) is 13.0 Å². The van der Waals surface area contributed by atoms with E-state index >= 15 is 0 Å². The summed E-state index contributed by atoms with van der Waals surface area (Å²) in [6.07, 6.45) is 2.70. The van der Waals surface area contributed by atoms with Crippen molar-refractivity contribution in [1.82, 2.24) is 9.80 Å². The third kappa shape index (κ3) is 3.87. The number of rotatable bonds is 4. The Morgan fingerprint density at radius 1 is 1.23 bits per heavy atom. The van der Waals surface area contributed by atoms with Gasteiger partial charge in [0.1, 0.15) is 0 Å². The van der Waals surface area contributed by atoms with Crippen molar-refractivity contribution in [1.29, 1.82) is 0 Å². The highest BCUT2D eigenvalue weighted by Gasteiger charge is 2.42. The van der Waals surface area contributed by atoms with Gasteiger partial charge in [0.2, 0.25) is 11.8 Å². The Balaban J connectivity index is 1.69. The van der Waals surface area contributed by atoms with Crippen LogP contribution in [0.3, 0.4) is 0 Å². The molecule has 2 aliphatic rings. The van der Waals surface area contributed by atoms with Gasteiger partial charge in [-0.25, -0.2) is 8.78 Å². The topological polar surface area (TPSA) is 60.9 Å². The minimum Gasteiger partial charge on any atom is -0.395 e. The van der Waals surface area contributed by atoms with E-state index in [1.54, 1.807) is 9.80 Å². The minimum absolute atomic E-state index is 0.0370. The van der Waals surface area contributed by atoms with Gasteiger partial charge in [0.25, 0.3) is 0 Å². The van der Waals surface area contributed by atoms with Crippen molar-refractivity contribution in [3.63, 3.8) is 0 Å². The Kier molecular flexibility index (Phi) is 5.55. The number of nitrogens with zero attached hydrogens (tertiary/aromatic N) is 2. The summed E-state index contributed by atoms with van der Waals surface area (Å²) < 4.78 is 27.2. The lowest BCUT2D eigenvalue weighted by Crippen LogP contribution is -2.55. The third-order valence-corrected chi connectivity index (χ3v) is 5.51. The number of amides is 2. The maximum Gasteiger partial charge on any atom is 0.227 e. The van der Waals surface area contributed by atoms with Crippen LogP contribution in [0, 0.1) is 17.0 Å². The second-order valence-corrected chi connectivity index (χ2v) is 7.35. The molecule has 0 unspecified atom stereocenters. The number of β-amino-alcohol motifs (C(OH)–C–C–N with tert-alkyl or cyclic N) is 1. The minimum atomic E-state index is -0.968. The smallest absolute Gasteiger partial charge is 0.227 e. The summed E-state index contributed by atoms with van der Waals surface area (Å²) in [6, 6.07) is 3.87. The summed E-state index contributed by atoms with van der Waals surface area (Å²) in [5.41, 5.74) is -0.104. The number of hydrogen-bond acceptors (Lipinski definition) is 3. The Hall–Kier alpha value is -2.02. The van der Waals surface area contributed by atoms with Crippen molar-refractivity contribution in [2.24, 2.45) is 5.41 Å². The van der Waals surface area contributed by atoms with E-state index in [2.05, 4.69) is 0 Å². The maximum absolute atomic E-state index is 13.8. The molecule has 7 heteroatoms. The highest BCUT2D eigenvalue weighted by atomic mass is 19.2. The van der Waals surface area contributed by atoms with Crippen LogP contribution in [-0.2, 0) is 16.0 Å². The van der Waals surface area contributed by atoms with E-state index in [0.29, 0.717) is 39.0 Å². The summed E-state index contributed by atoms with van der Waals surface area (Å²) in [4.78, 5) is 28.0. The van der Waals surface area contributed by atoms with Gasteiger partial charge in [-0.05, 0) is 25.3 Å². The summed E-state index contributed by atoms with van der Waals surface area (Å²) in [5, 5.41) is 9.15. The number of piperidine rings is 2. The molecule has 2 fully saturated rings. The first-order chi connectivity index (χ1) is 12.4. The Morgan fingerprint density at radius 2 is 2.04 bits per heavy atom. The zero-order chi connectivity index (χ0) is 18.7. The number of carbonyl (C=O) groups is 2. The molecule has 142 valence electrons. The third-order valence-electron chi connectivity index (χ3n) is 5.51. The lowest BCUT2D eigenvalue weighted by atomic mass is 9.73. The molecule has 0 radical (unpaired) electrons. The molecule has 2 aliphatic heterocycles. The summed E-state index contributed by atoms with van der Waals surface area (Å²) in [6.45, 7) is 1.86. The second kappa shape index (κ2) is 7.70. The van der Waals surface area contributed by atoms with E-state index in [1.807, 2.05) is 0 Å². The highest BCUT2D eigenvalue weighted by Crippen LogP contribution is 2.39. The van der Waals surface area contributed by atoms with Crippen molar-refractivity contribution in [2.45, 2.75) is 32.1 Å². The molecule has 0 saturated carbocycles. The van der Waals surface area contributed by atoms with Gasteiger partial charge in [0.15, 0.2) is 11.6 Å². The van der Waals surface area contributed by atoms with Crippen LogP contribution in [0.1, 0.15) is 31.2 Å². The van der Waals surface area contributed by atoms with Gasteiger partial charge >= 0.3 is 0 Å². The standard InChI is InChI=1S/C19H24F2N2O3/c20-15-4-1-3-14(18(15)21)11-17(26)22-8-2-6-19(12-22)7-5-16(25)23(13-19)9-10-24/h1,3-4,24H,2,5-13H2/t19-/m0/s1. The number of likely N-dealkylation sites (tertiary alicyclic amines) is 2. The van der Waals surface area contributed by atoms with Gasteiger partial charge < -0.3 is 14.9 Å². The van der Waals surface area contributed by atoms with Crippen molar-refractivity contribution in [3.8, 4) is 0 Å². The largest absolute Gasteiger partial charge is 0.395 e. The van der Waals surface area contributed by atoms with Crippen molar-refractivity contribution >= 4 is 11.8 Å². The number of aliphatic hydroxyl groups is 1. The molecule has 1 aromatic carbocycles. The highest BCUT2D eigenvalue weighted by molar-refractivity contribution is 5.79. The van der Waals surface area contributed by atoms with Crippen LogP contribution in [-0.4, -0.2) is 59.5 Å². The molecule has 2 heterocycles. The van der Waals surface area contributed by atoms with Crippen LogP contribution < -0.4 is 0 Å². The molecule has 3 rings (SSSR count). The number of halogens is 2. The molecule has 5 nitrogen and oxygen atoms in total. The molecular formula is C19H24F2N2O3. The van der Waals surface area contributed by atoms with Crippen LogP contribution in [0.4, 0.5) is 8.78 Å². The fourth-order valence-corrected chi connectivity index (χ4v) is 4.14. The summed E-state index contributed by atoms with van der Waals surface area (Å²) in [5.74, 6) is -2.10. The van der Waals surface area contributed by atoms with Crippen molar-refractivity contribution in [3.05, 3.63) is 35.4 Å². The molecule has 1 atom stereocenters. The predicted molar refractivity (Wildman–Crippen MR) is 91.2 cm³/mol. The van der Waals surface area contributed by atoms with E-state index in [-0.39, 0.29) is 35.8 Å². The second-order valence-electron chi connectivity index (χ2n) is 7.35. The van der Waals surface area contributed by atoms with E-state index in [4.69, 9.17) is 5.11 Å². The monoisotopic (exact) mass is 366 g/mol. The Labute approximate surface area is 151 Å².